The number of para-hydroxylation sites is 1. The van der Waals surface area contributed by atoms with Crippen LogP contribution in [0.4, 0.5) is 17.2 Å². The van der Waals surface area contributed by atoms with E-state index < -0.39 is 4.92 Å². The van der Waals surface area contributed by atoms with Crippen LogP contribution in [0.1, 0.15) is 16.9 Å². The first-order chi connectivity index (χ1) is 14.5. The van der Waals surface area contributed by atoms with Crippen LogP contribution in [-0.2, 0) is 0 Å². The first kappa shape index (κ1) is 21.1. The number of carbonyl (C=O) groups excluding carboxylic acids is 1. The Morgan fingerprint density at radius 2 is 1.83 bits per heavy atom. The van der Waals surface area contributed by atoms with E-state index in [9.17, 15) is 14.9 Å². The Labute approximate surface area is 175 Å². The average molecular weight is 405 g/mol. The standard InChI is InChI=1S/C22H23N5O3/c1-25(2)13-6-14-26(22-21(27(29)30)9-5-11-24-22)20-8-4-3-7-19(20)17-10-12-23-18(15-17)16-28/h3-5,7-12,15-16H,6,13-14H2,1-2H3. The first-order valence-corrected chi connectivity index (χ1v) is 9.53. The normalized spacial score (nSPS) is 10.8. The summed E-state index contributed by atoms with van der Waals surface area (Å²) in [4.78, 5) is 34.8. The molecule has 1 aromatic carbocycles. The molecule has 3 aromatic rings. The number of hydrogen-bond donors (Lipinski definition) is 0. The second kappa shape index (κ2) is 9.71. The Balaban J connectivity index is 2.13. The van der Waals surface area contributed by atoms with Gasteiger partial charge in [-0.3, -0.25) is 19.9 Å². The van der Waals surface area contributed by atoms with E-state index in [4.69, 9.17) is 0 Å². The quantitative estimate of drug-likeness (QED) is 0.302. The van der Waals surface area contributed by atoms with E-state index in [1.54, 1.807) is 24.5 Å². The Morgan fingerprint density at radius 1 is 1.03 bits per heavy atom. The van der Waals surface area contributed by atoms with Gasteiger partial charge in [0.2, 0.25) is 5.82 Å². The lowest BCUT2D eigenvalue weighted by Crippen LogP contribution is -2.25. The molecule has 0 atom stereocenters. The molecule has 0 unspecified atom stereocenters. The van der Waals surface area contributed by atoms with Crippen LogP contribution in [0.5, 0.6) is 0 Å². The number of anilines is 2. The summed E-state index contributed by atoms with van der Waals surface area (Å²) >= 11 is 0. The predicted molar refractivity (Wildman–Crippen MR) is 116 cm³/mol. The minimum Gasteiger partial charge on any atom is -0.320 e. The van der Waals surface area contributed by atoms with Crippen LogP contribution in [0.25, 0.3) is 11.1 Å². The summed E-state index contributed by atoms with van der Waals surface area (Å²) < 4.78 is 0. The minimum atomic E-state index is -0.416. The maximum atomic E-state index is 11.7. The molecule has 8 heteroatoms. The molecule has 30 heavy (non-hydrogen) atoms. The summed E-state index contributed by atoms with van der Waals surface area (Å²) in [6, 6.07) is 14.1. The summed E-state index contributed by atoms with van der Waals surface area (Å²) in [7, 11) is 3.97. The molecule has 8 nitrogen and oxygen atoms in total. The van der Waals surface area contributed by atoms with Crippen LogP contribution < -0.4 is 4.90 Å². The van der Waals surface area contributed by atoms with Crippen LogP contribution in [0.2, 0.25) is 0 Å². The van der Waals surface area contributed by atoms with E-state index in [0.717, 1.165) is 29.8 Å². The van der Waals surface area contributed by atoms with Gasteiger partial charge in [-0.2, -0.15) is 0 Å². The summed E-state index contributed by atoms with van der Waals surface area (Å²) in [6.45, 7) is 1.36. The number of nitro groups is 1. The second-order valence-corrected chi connectivity index (χ2v) is 7.02. The molecule has 0 saturated carbocycles. The SMILES string of the molecule is CN(C)CCCN(c1ccccc1-c1ccnc(C=O)c1)c1ncccc1[N+](=O)[O-]. The van der Waals surface area contributed by atoms with Crippen molar-refractivity contribution >= 4 is 23.5 Å². The number of pyridine rings is 2. The zero-order chi connectivity index (χ0) is 21.5. The molecule has 0 bridgehead atoms. The fraction of sp³-hybridized carbons (Fsp3) is 0.227. The van der Waals surface area contributed by atoms with Gasteiger partial charge in [0, 0.05) is 30.6 Å². The van der Waals surface area contributed by atoms with Crippen LogP contribution >= 0.6 is 0 Å². The first-order valence-electron chi connectivity index (χ1n) is 9.53. The lowest BCUT2D eigenvalue weighted by molar-refractivity contribution is -0.384. The molecule has 0 amide bonds. The van der Waals surface area contributed by atoms with Crippen molar-refractivity contribution in [1.82, 2.24) is 14.9 Å². The van der Waals surface area contributed by atoms with Crippen molar-refractivity contribution in [3.8, 4) is 11.1 Å². The Hall–Kier alpha value is -3.65. The molecule has 0 spiro atoms. The van der Waals surface area contributed by atoms with Gasteiger partial charge in [0.15, 0.2) is 6.29 Å². The number of aromatic nitrogens is 2. The van der Waals surface area contributed by atoms with Crippen LogP contribution in [0.3, 0.4) is 0 Å². The largest absolute Gasteiger partial charge is 0.320 e. The molecule has 3 rings (SSSR count). The van der Waals surface area contributed by atoms with E-state index in [1.165, 1.54) is 6.07 Å². The topological polar surface area (TPSA) is 92.5 Å². The molecule has 0 fully saturated rings. The van der Waals surface area contributed by atoms with Crippen LogP contribution in [0.15, 0.2) is 60.9 Å². The number of nitrogens with zero attached hydrogens (tertiary/aromatic N) is 5. The highest BCUT2D eigenvalue weighted by Gasteiger charge is 2.24. The maximum absolute atomic E-state index is 11.7. The highest BCUT2D eigenvalue weighted by molar-refractivity contribution is 5.85. The summed E-state index contributed by atoms with van der Waals surface area (Å²) in [5.74, 6) is 0.290. The number of carbonyl (C=O) groups is 1. The molecule has 0 saturated heterocycles. The summed E-state index contributed by atoms with van der Waals surface area (Å²) in [6.07, 6.45) is 4.62. The third kappa shape index (κ3) is 4.84. The van der Waals surface area contributed by atoms with Crippen LogP contribution in [-0.4, -0.2) is 53.3 Å². The highest BCUT2D eigenvalue weighted by atomic mass is 16.6. The summed E-state index contributed by atoms with van der Waals surface area (Å²) in [5, 5.41) is 11.7. The number of rotatable bonds is 9. The predicted octanol–water partition coefficient (Wildman–Crippen LogP) is 3.95. The highest BCUT2D eigenvalue weighted by Crippen LogP contribution is 2.37. The molecule has 0 radical (unpaired) electrons. The monoisotopic (exact) mass is 405 g/mol. The fourth-order valence-electron chi connectivity index (χ4n) is 3.26. The molecular formula is C22H23N5O3. The molecule has 0 N–H and O–H groups in total. The molecule has 0 aliphatic heterocycles. The van der Waals surface area contributed by atoms with Gasteiger partial charge in [0.1, 0.15) is 5.69 Å². The molecule has 0 aliphatic rings. The van der Waals surface area contributed by atoms with E-state index in [1.807, 2.05) is 49.3 Å². The summed E-state index contributed by atoms with van der Waals surface area (Å²) in [5.41, 5.74) is 2.69. The average Bonchev–Trinajstić information content (AvgIpc) is 2.76. The van der Waals surface area contributed by atoms with Gasteiger partial charge in [-0.1, -0.05) is 18.2 Å². The minimum absolute atomic E-state index is 0.0551. The third-order valence-electron chi connectivity index (χ3n) is 4.61. The van der Waals surface area contributed by atoms with Crippen molar-refractivity contribution in [3.05, 3.63) is 76.7 Å². The molecular weight excluding hydrogens is 382 g/mol. The van der Waals surface area contributed by atoms with Crippen molar-refractivity contribution in [1.29, 1.82) is 0 Å². The number of hydrogen-bond acceptors (Lipinski definition) is 7. The van der Waals surface area contributed by atoms with Crippen molar-refractivity contribution in [3.63, 3.8) is 0 Å². The van der Waals surface area contributed by atoms with Crippen molar-refractivity contribution in [2.24, 2.45) is 0 Å². The lowest BCUT2D eigenvalue weighted by atomic mass is 10.0. The van der Waals surface area contributed by atoms with Crippen molar-refractivity contribution < 1.29 is 9.72 Å². The van der Waals surface area contributed by atoms with Gasteiger partial charge in [0.25, 0.3) is 0 Å². The van der Waals surface area contributed by atoms with Crippen molar-refractivity contribution in [2.45, 2.75) is 6.42 Å². The van der Waals surface area contributed by atoms with E-state index in [0.29, 0.717) is 24.3 Å². The molecule has 154 valence electrons. The smallest absolute Gasteiger partial charge is 0.311 e. The number of aldehydes is 1. The van der Waals surface area contributed by atoms with E-state index in [-0.39, 0.29) is 5.69 Å². The van der Waals surface area contributed by atoms with Gasteiger partial charge in [-0.05, 0) is 56.9 Å². The van der Waals surface area contributed by atoms with Gasteiger partial charge >= 0.3 is 5.69 Å². The van der Waals surface area contributed by atoms with Crippen LogP contribution in [0, 0.1) is 10.1 Å². The van der Waals surface area contributed by atoms with Gasteiger partial charge in [0.05, 0.1) is 10.6 Å². The maximum Gasteiger partial charge on any atom is 0.311 e. The van der Waals surface area contributed by atoms with E-state index >= 15 is 0 Å². The zero-order valence-corrected chi connectivity index (χ0v) is 16.9. The van der Waals surface area contributed by atoms with E-state index in [2.05, 4.69) is 14.9 Å². The second-order valence-electron chi connectivity index (χ2n) is 7.02. The molecule has 2 heterocycles. The lowest BCUT2D eigenvalue weighted by Gasteiger charge is -2.26. The number of benzene rings is 1. The van der Waals surface area contributed by atoms with Gasteiger partial charge in [-0.15, -0.1) is 0 Å². The Morgan fingerprint density at radius 3 is 2.57 bits per heavy atom. The third-order valence-corrected chi connectivity index (χ3v) is 4.61. The van der Waals surface area contributed by atoms with Gasteiger partial charge < -0.3 is 9.80 Å². The molecule has 2 aromatic heterocycles. The fourth-order valence-corrected chi connectivity index (χ4v) is 3.26. The van der Waals surface area contributed by atoms with Gasteiger partial charge in [-0.25, -0.2) is 4.98 Å². The molecule has 0 aliphatic carbocycles. The Kier molecular flexibility index (Phi) is 6.82. The Bertz CT molecular complexity index is 1040. The zero-order valence-electron chi connectivity index (χ0n) is 16.9. The van der Waals surface area contributed by atoms with Crippen molar-refractivity contribution in [2.75, 3.05) is 32.1 Å².